The SMILES string of the molecule is CC[C@H](C)[C@@H]1NC(=O)CN(C(=O)[C@@H]2CCCO2)CCNC(=O)[C@H](Cc2ccccc2)NC(=O)[C@@H]2C[C@@H](O)CN2C1=O. The quantitative estimate of drug-likeness (QED) is 0.366. The molecule has 0 aromatic heterocycles. The Morgan fingerprint density at radius 2 is 1.88 bits per heavy atom. The number of aliphatic hydroxyl groups excluding tert-OH is 1. The van der Waals surface area contributed by atoms with Gasteiger partial charge in [-0.15, -0.1) is 0 Å². The number of rotatable bonds is 5. The van der Waals surface area contributed by atoms with Crippen molar-refractivity contribution in [3.05, 3.63) is 35.9 Å². The highest BCUT2D eigenvalue weighted by atomic mass is 16.5. The van der Waals surface area contributed by atoms with Crippen LogP contribution in [0.3, 0.4) is 0 Å². The first-order valence-electron chi connectivity index (χ1n) is 14.5. The summed E-state index contributed by atoms with van der Waals surface area (Å²) in [5.74, 6) is -2.65. The van der Waals surface area contributed by atoms with Crippen LogP contribution in [0.15, 0.2) is 30.3 Å². The smallest absolute Gasteiger partial charge is 0.252 e. The maximum Gasteiger partial charge on any atom is 0.252 e. The summed E-state index contributed by atoms with van der Waals surface area (Å²) in [5, 5.41) is 18.8. The number of hydrogen-bond acceptors (Lipinski definition) is 7. The molecule has 0 bridgehead atoms. The number of benzene rings is 1. The van der Waals surface area contributed by atoms with Gasteiger partial charge < -0.3 is 35.6 Å². The van der Waals surface area contributed by atoms with Crippen LogP contribution in [0.25, 0.3) is 0 Å². The van der Waals surface area contributed by atoms with E-state index in [0.717, 1.165) is 12.0 Å². The third-order valence-electron chi connectivity index (χ3n) is 8.11. The lowest BCUT2D eigenvalue weighted by Crippen LogP contribution is -2.58. The summed E-state index contributed by atoms with van der Waals surface area (Å²) >= 11 is 0. The molecule has 3 fully saturated rings. The maximum absolute atomic E-state index is 13.8. The third-order valence-corrected chi connectivity index (χ3v) is 8.11. The maximum atomic E-state index is 13.8. The van der Waals surface area contributed by atoms with E-state index in [1.54, 1.807) is 0 Å². The summed E-state index contributed by atoms with van der Waals surface area (Å²) in [6.07, 6.45) is 0.480. The van der Waals surface area contributed by atoms with Crippen molar-refractivity contribution in [3.8, 4) is 0 Å². The van der Waals surface area contributed by atoms with Gasteiger partial charge in [-0.1, -0.05) is 50.6 Å². The van der Waals surface area contributed by atoms with Crippen molar-refractivity contribution in [2.45, 2.75) is 76.3 Å². The van der Waals surface area contributed by atoms with Gasteiger partial charge in [0.15, 0.2) is 0 Å². The van der Waals surface area contributed by atoms with Crippen LogP contribution in [0.5, 0.6) is 0 Å². The van der Waals surface area contributed by atoms with Gasteiger partial charge in [0.25, 0.3) is 5.91 Å². The number of carbonyl (C=O) groups excluding carboxylic acids is 5. The van der Waals surface area contributed by atoms with Gasteiger partial charge in [-0.2, -0.15) is 0 Å². The molecular formula is C29H41N5O7. The van der Waals surface area contributed by atoms with E-state index in [4.69, 9.17) is 4.74 Å². The van der Waals surface area contributed by atoms with Crippen LogP contribution in [0, 0.1) is 5.92 Å². The van der Waals surface area contributed by atoms with E-state index in [2.05, 4.69) is 16.0 Å². The Labute approximate surface area is 240 Å². The second kappa shape index (κ2) is 13.9. The summed E-state index contributed by atoms with van der Waals surface area (Å²) in [7, 11) is 0. The molecule has 4 rings (SSSR count). The van der Waals surface area contributed by atoms with E-state index >= 15 is 0 Å². The zero-order chi connectivity index (χ0) is 29.5. The van der Waals surface area contributed by atoms with Crippen molar-refractivity contribution < 1.29 is 33.8 Å². The zero-order valence-electron chi connectivity index (χ0n) is 23.7. The summed E-state index contributed by atoms with van der Waals surface area (Å²) in [4.78, 5) is 69.8. The lowest BCUT2D eigenvalue weighted by atomic mass is 9.97. The van der Waals surface area contributed by atoms with Gasteiger partial charge in [-0.05, 0) is 24.3 Å². The van der Waals surface area contributed by atoms with Crippen LogP contribution in [0.1, 0.15) is 45.1 Å². The number of nitrogens with zero attached hydrogens (tertiary/aromatic N) is 2. The van der Waals surface area contributed by atoms with Crippen molar-refractivity contribution >= 4 is 29.5 Å². The molecule has 0 aliphatic carbocycles. The molecule has 12 nitrogen and oxygen atoms in total. The van der Waals surface area contributed by atoms with Gasteiger partial charge in [-0.3, -0.25) is 24.0 Å². The number of carbonyl (C=O) groups is 5. The Kier molecular flexibility index (Phi) is 10.3. The molecule has 0 radical (unpaired) electrons. The monoisotopic (exact) mass is 571 g/mol. The highest BCUT2D eigenvalue weighted by Crippen LogP contribution is 2.23. The molecule has 4 N–H and O–H groups in total. The molecule has 1 aromatic rings. The van der Waals surface area contributed by atoms with E-state index in [1.165, 1.54) is 9.80 Å². The van der Waals surface area contributed by atoms with Gasteiger partial charge >= 0.3 is 0 Å². The van der Waals surface area contributed by atoms with Crippen LogP contribution in [0.4, 0.5) is 0 Å². The van der Waals surface area contributed by atoms with Crippen molar-refractivity contribution in [2.75, 3.05) is 32.8 Å². The van der Waals surface area contributed by atoms with E-state index < -0.39 is 54.0 Å². The van der Waals surface area contributed by atoms with Crippen LogP contribution in [0.2, 0.25) is 0 Å². The molecule has 41 heavy (non-hydrogen) atoms. The topological polar surface area (TPSA) is 157 Å². The van der Waals surface area contributed by atoms with Crippen LogP contribution in [-0.4, -0.2) is 108 Å². The van der Waals surface area contributed by atoms with E-state index in [1.807, 2.05) is 44.2 Å². The average molecular weight is 572 g/mol. The summed E-state index contributed by atoms with van der Waals surface area (Å²) in [6.45, 7) is 3.89. The number of ether oxygens (including phenoxy) is 1. The molecule has 5 amide bonds. The van der Waals surface area contributed by atoms with Crippen molar-refractivity contribution in [1.82, 2.24) is 25.8 Å². The summed E-state index contributed by atoms with van der Waals surface area (Å²) in [6, 6.07) is 6.29. The Morgan fingerprint density at radius 3 is 2.56 bits per heavy atom. The molecule has 3 heterocycles. The Hall–Kier alpha value is -3.51. The van der Waals surface area contributed by atoms with E-state index in [-0.39, 0.29) is 50.8 Å². The van der Waals surface area contributed by atoms with Crippen molar-refractivity contribution in [1.29, 1.82) is 0 Å². The summed E-state index contributed by atoms with van der Waals surface area (Å²) < 4.78 is 5.55. The molecule has 224 valence electrons. The molecule has 1 aromatic carbocycles. The highest BCUT2D eigenvalue weighted by Gasteiger charge is 2.43. The summed E-state index contributed by atoms with van der Waals surface area (Å²) in [5.41, 5.74) is 0.826. The average Bonchev–Trinajstić information content (AvgIpc) is 3.64. The number of fused-ring (bicyclic) bond motifs is 1. The molecule has 0 saturated carbocycles. The van der Waals surface area contributed by atoms with Gasteiger partial charge in [0, 0.05) is 39.1 Å². The third kappa shape index (κ3) is 7.62. The molecule has 3 aliphatic rings. The number of amides is 5. The van der Waals surface area contributed by atoms with Gasteiger partial charge in [-0.25, -0.2) is 0 Å². The Bertz CT molecular complexity index is 1110. The normalized spacial score (nSPS) is 29.1. The predicted octanol–water partition coefficient (Wildman–Crippen LogP) is -0.656. The minimum Gasteiger partial charge on any atom is -0.391 e. The fraction of sp³-hybridized carbons (Fsp3) is 0.621. The minimum absolute atomic E-state index is 0.0160. The van der Waals surface area contributed by atoms with Gasteiger partial charge in [0.1, 0.15) is 24.2 Å². The molecule has 0 unspecified atom stereocenters. The Morgan fingerprint density at radius 1 is 1.12 bits per heavy atom. The highest BCUT2D eigenvalue weighted by molar-refractivity contribution is 5.96. The molecule has 0 spiro atoms. The lowest BCUT2D eigenvalue weighted by Gasteiger charge is -2.32. The van der Waals surface area contributed by atoms with Gasteiger partial charge in [0.2, 0.25) is 23.6 Å². The molecule has 3 saturated heterocycles. The first-order valence-corrected chi connectivity index (χ1v) is 14.5. The van der Waals surface area contributed by atoms with Crippen LogP contribution >= 0.6 is 0 Å². The second-order valence-corrected chi connectivity index (χ2v) is 11.1. The zero-order valence-corrected chi connectivity index (χ0v) is 23.7. The van der Waals surface area contributed by atoms with Crippen molar-refractivity contribution in [2.24, 2.45) is 5.92 Å². The van der Waals surface area contributed by atoms with Gasteiger partial charge in [0.05, 0.1) is 12.6 Å². The number of aliphatic hydroxyl groups is 1. The Balaban J connectivity index is 1.65. The molecule has 6 atom stereocenters. The second-order valence-electron chi connectivity index (χ2n) is 11.1. The fourth-order valence-electron chi connectivity index (χ4n) is 5.57. The largest absolute Gasteiger partial charge is 0.391 e. The van der Waals surface area contributed by atoms with Crippen molar-refractivity contribution in [3.63, 3.8) is 0 Å². The van der Waals surface area contributed by atoms with Crippen LogP contribution < -0.4 is 16.0 Å². The van der Waals surface area contributed by atoms with E-state index in [0.29, 0.717) is 19.4 Å². The van der Waals surface area contributed by atoms with E-state index in [9.17, 15) is 29.1 Å². The molecule has 12 heteroatoms. The minimum atomic E-state index is -1.00. The standard InChI is InChI=1S/C29H41N5O7/c1-3-18(2)25-29(40)34-16-20(35)15-22(34)27(38)31-21(14-19-8-5-4-6-9-19)26(37)30-11-12-33(17-24(36)32-25)28(39)23-10-7-13-41-23/h4-6,8-9,18,20-23,25,35H,3,7,10-17H2,1-2H3,(H,30,37)(H,31,38)(H,32,36)/t18-,20+,21-,22-,23-,25-/m0/s1. The predicted molar refractivity (Wildman–Crippen MR) is 148 cm³/mol. The molecule has 3 aliphatic heterocycles. The van der Waals surface area contributed by atoms with Crippen LogP contribution in [-0.2, 0) is 35.1 Å². The number of hydrogen-bond donors (Lipinski definition) is 4. The first kappa shape index (κ1) is 30.4. The fourth-order valence-corrected chi connectivity index (χ4v) is 5.57. The number of nitrogens with one attached hydrogen (secondary N) is 3. The first-order chi connectivity index (χ1) is 19.7. The molecular weight excluding hydrogens is 530 g/mol. The lowest BCUT2D eigenvalue weighted by molar-refractivity contribution is -0.145.